The Hall–Kier alpha value is -2.81. The van der Waals surface area contributed by atoms with Gasteiger partial charge in [0.1, 0.15) is 17.5 Å². The number of aryl methyl sites for hydroxylation is 1. The standard InChI is InChI=1S/C18H11Cl2N3O2/c1-9-3-2-4-14-15(9)18(25)23-17(22-14)12(8-21)16(24)11-6-5-10(19)7-13(11)20/h2-7,22H,1H3,(H,23,25)/b17-12+. The monoisotopic (exact) mass is 371 g/mol. The first kappa shape index (κ1) is 17.0. The number of hydrogen-bond acceptors (Lipinski definition) is 4. The molecule has 124 valence electrons. The normalized spacial score (nSPS) is 14.7. The van der Waals surface area contributed by atoms with Crippen LogP contribution in [0.25, 0.3) is 0 Å². The summed E-state index contributed by atoms with van der Waals surface area (Å²) < 4.78 is 0. The van der Waals surface area contributed by atoms with Crippen molar-refractivity contribution in [2.75, 3.05) is 5.32 Å². The van der Waals surface area contributed by atoms with Crippen molar-refractivity contribution in [2.24, 2.45) is 0 Å². The van der Waals surface area contributed by atoms with E-state index >= 15 is 0 Å². The second-order valence-electron chi connectivity index (χ2n) is 5.39. The molecule has 7 heteroatoms. The highest BCUT2D eigenvalue weighted by atomic mass is 35.5. The molecule has 1 aliphatic heterocycles. The van der Waals surface area contributed by atoms with Gasteiger partial charge in [0.05, 0.1) is 16.3 Å². The van der Waals surface area contributed by atoms with Gasteiger partial charge in [-0.25, -0.2) is 0 Å². The van der Waals surface area contributed by atoms with Crippen LogP contribution in [0.5, 0.6) is 0 Å². The first-order valence-electron chi connectivity index (χ1n) is 7.24. The summed E-state index contributed by atoms with van der Waals surface area (Å²) in [5.74, 6) is -0.964. The molecule has 0 radical (unpaired) electrons. The molecule has 0 aromatic heterocycles. The highest BCUT2D eigenvalue weighted by molar-refractivity contribution is 6.37. The minimum atomic E-state index is -0.608. The topological polar surface area (TPSA) is 82.0 Å². The lowest BCUT2D eigenvalue weighted by Gasteiger charge is -2.23. The number of Topliss-reactive ketones (excluding diaryl/α,β-unsaturated/α-hetero) is 1. The third-order valence-electron chi connectivity index (χ3n) is 3.76. The van der Waals surface area contributed by atoms with Crippen molar-refractivity contribution in [3.8, 4) is 6.07 Å². The molecule has 0 aliphatic carbocycles. The van der Waals surface area contributed by atoms with Gasteiger partial charge in [0.2, 0.25) is 5.78 Å². The van der Waals surface area contributed by atoms with Crippen molar-refractivity contribution >= 4 is 40.6 Å². The van der Waals surface area contributed by atoms with Crippen LogP contribution in [0.1, 0.15) is 26.3 Å². The average molecular weight is 372 g/mol. The Bertz CT molecular complexity index is 990. The van der Waals surface area contributed by atoms with E-state index < -0.39 is 5.78 Å². The number of nitriles is 1. The number of carbonyl (C=O) groups is 2. The van der Waals surface area contributed by atoms with E-state index in [0.717, 1.165) is 5.56 Å². The Balaban J connectivity index is 2.07. The molecule has 0 atom stereocenters. The zero-order chi connectivity index (χ0) is 18.1. The second kappa shape index (κ2) is 6.60. The number of nitrogens with zero attached hydrogens (tertiary/aromatic N) is 1. The van der Waals surface area contributed by atoms with Crippen LogP contribution < -0.4 is 10.6 Å². The lowest BCUT2D eigenvalue weighted by atomic mass is 10.0. The van der Waals surface area contributed by atoms with Crippen molar-refractivity contribution in [3.63, 3.8) is 0 Å². The number of rotatable bonds is 2. The number of nitrogens with one attached hydrogen (secondary N) is 2. The van der Waals surface area contributed by atoms with Gasteiger partial charge in [0.25, 0.3) is 5.91 Å². The maximum absolute atomic E-state index is 12.7. The molecule has 2 N–H and O–H groups in total. The lowest BCUT2D eigenvalue weighted by Crippen LogP contribution is -2.35. The quantitative estimate of drug-likeness (QED) is 0.473. The summed E-state index contributed by atoms with van der Waals surface area (Å²) in [4.78, 5) is 25.1. The zero-order valence-corrected chi connectivity index (χ0v) is 14.5. The molecule has 25 heavy (non-hydrogen) atoms. The van der Waals surface area contributed by atoms with Crippen LogP contribution in [0.4, 0.5) is 5.69 Å². The van der Waals surface area contributed by atoms with Gasteiger partial charge < -0.3 is 10.6 Å². The largest absolute Gasteiger partial charge is 0.340 e. The summed E-state index contributed by atoms with van der Waals surface area (Å²) in [5.41, 5.74) is 1.67. The zero-order valence-electron chi connectivity index (χ0n) is 13.0. The van der Waals surface area contributed by atoms with Crippen LogP contribution >= 0.6 is 23.2 Å². The maximum atomic E-state index is 12.7. The van der Waals surface area contributed by atoms with E-state index in [1.807, 2.05) is 6.07 Å². The molecule has 0 fully saturated rings. The number of allylic oxidation sites excluding steroid dienone is 1. The average Bonchev–Trinajstić information content (AvgIpc) is 2.55. The fourth-order valence-corrected chi connectivity index (χ4v) is 3.06. The summed E-state index contributed by atoms with van der Waals surface area (Å²) in [7, 11) is 0. The van der Waals surface area contributed by atoms with Crippen molar-refractivity contribution in [1.29, 1.82) is 5.26 Å². The van der Waals surface area contributed by atoms with Gasteiger partial charge in [0.15, 0.2) is 0 Å². The smallest absolute Gasteiger partial charge is 0.259 e. The predicted octanol–water partition coefficient (Wildman–Crippen LogP) is 4.08. The maximum Gasteiger partial charge on any atom is 0.259 e. The molecule has 1 amide bonds. The van der Waals surface area contributed by atoms with Crippen molar-refractivity contribution < 1.29 is 9.59 Å². The number of halogens is 2. The Labute approximate surface area is 153 Å². The van der Waals surface area contributed by atoms with Gasteiger partial charge in [-0.2, -0.15) is 5.26 Å². The van der Waals surface area contributed by atoms with E-state index in [0.29, 0.717) is 16.3 Å². The number of anilines is 1. The minimum absolute atomic E-state index is 0.0293. The molecule has 5 nitrogen and oxygen atoms in total. The first-order valence-corrected chi connectivity index (χ1v) is 8.00. The summed E-state index contributed by atoms with van der Waals surface area (Å²) in [6, 6.07) is 11.5. The molecular formula is C18H11Cl2N3O2. The Morgan fingerprint density at radius 2 is 1.92 bits per heavy atom. The van der Waals surface area contributed by atoms with Crippen molar-refractivity contribution in [2.45, 2.75) is 6.92 Å². The van der Waals surface area contributed by atoms with Crippen LogP contribution in [-0.2, 0) is 0 Å². The van der Waals surface area contributed by atoms with E-state index in [1.165, 1.54) is 18.2 Å². The Morgan fingerprint density at radius 3 is 2.60 bits per heavy atom. The van der Waals surface area contributed by atoms with E-state index in [1.54, 1.807) is 25.1 Å². The van der Waals surface area contributed by atoms with Crippen molar-refractivity contribution in [3.05, 3.63) is 74.5 Å². The van der Waals surface area contributed by atoms with E-state index in [4.69, 9.17) is 23.2 Å². The molecule has 3 rings (SSSR count). The van der Waals surface area contributed by atoms with Crippen LogP contribution in [0.3, 0.4) is 0 Å². The van der Waals surface area contributed by atoms with Crippen LogP contribution in [0.15, 0.2) is 47.8 Å². The third-order valence-corrected chi connectivity index (χ3v) is 4.31. The van der Waals surface area contributed by atoms with E-state index in [2.05, 4.69) is 10.6 Å². The van der Waals surface area contributed by atoms with Crippen LogP contribution in [0.2, 0.25) is 10.0 Å². The van der Waals surface area contributed by atoms with Gasteiger partial charge >= 0.3 is 0 Å². The molecule has 0 bridgehead atoms. The van der Waals surface area contributed by atoms with E-state index in [9.17, 15) is 14.9 Å². The first-order chi connectivity index (χ1) is 11.9. The molecule has 2 aromatic rings. The van der Waals surface area contributed by atoms with Gasteiger partial charge in [-0.3, -0.25) is 9.59 Å². The SMILES string of the molecule is Cc1cccc2c1C(=O)N/C(=C(\C#N)C(=O)c1ccc(Cl)cc1Cl)N2. The predicted molar refractivity (Wildman–Crippen MR) is 95.7 cm³/mol. The van der Waals surface area contributed by atoms with Gasteiger partial charge in [-0.05, 0) is 36.8 Å². The molecule has 2 aromatic carbocycles. The molecule has 0 spiro atoms. The number of amides is 1. The lowest BCUT2D eigenvalue weighted by molar-refractivity contribution is 0.0962. The number of benzene rings is 2. The van der Waals surface area contributed by atoms with E-state index in [-0.39, 0.29) is 27.9 Å². The minimum Gasteiger partial charge on any atom is -0.340 e. The highest BCUT2D eigenvalue weighted by Crippen LogP contribution is 2.28. The molecule has 1 aliphatic rings. The molecule has 1 heterocycles. The van der Waals surface area contributed by atoms with Crippen molar-refractivity contribution in [1.82, 2.24) is 5.32 Å². The number of hydrogen-bond donors (Lipinski definition) is 2. The highest BCUT2D eigenvalue weighted by Gasteiger charge is 2.27. The summed E-state index contributed by atoms with van der Waals surface area (Å²) in [6.07, 6.45) is 0. The fourth-order valence-electron chi connectivity index (χ4n) is 2.57. The summed E-state index contributed by atoms with van der Waals surface area (Å²) >= 11 is 11.9. The fraction of sp³-hybridized carbons (Fsp3) is 0.0556. The number of fused-ring (bicyclic) bond motifs is 1. The van der Waals surface area contributed by atoms with Gasteiger partial charge in [-0.1, -0.05) is 35.3 Å². The second-order valence-corrected chi connectivity index (χ2v) is 6.24. The number of carbonyl (C=O) groups excluding carboxylic acids is 2. The van der Waals surface area contributed by atoms with Gasteiger partial charge in [-0.15, -0.1) is 0 Å². The van der Waals surface area contributed by atoms with Crippen LogP contribution in [-0.4, -0.2) is 11.7 Å². The molecule has 0 saturated heterocycles. The van der Waals surface area contributed by atoms with Crippen LogP contribution in [0, 0.1) is 18.3 Å². The van der Waals surface area contributed by atoms with Gasteiger partial charge in [0, 0.05) is 10.6 Å². The molecule has 0 saturated carbocycles. The number of ketones is 1. The molecular weight excluding hydrogens is 361 g/mol. The summed E-state index contributed by atoms with van der Waals surface area (Å²) in [5, 5.41) is 15.5. The third kappa shape index (κ3) is 3.10. The Kier molecular flexibility index (Phi) is 4.49. The Morgan fingerprint density at radius 1 is 1.16 bits per heavy atom. The summed E-state index contributed by atoms with van der Waals surface area (Å²) in [6.45, 7) is 1.80. The molecule has 0 unspecified atom stereocenters.